The van der Waals surface area contributed by atoms with Crippen LogP contribution in [0.3, 0.4) is 0 Å². The Morgan fingerprint density at radius 3 is 2.62 bits per heavy atom. The second-order valence-electron chi connectivity index (χ2n) is 9.61. The molecule has 2 N–H and O–H groups in total. The molecule has 1 aliphatic rings. The summed E-state index contributed by atoms with van der Waals surface area (Å²) in [5.74, 6) is -0.114. The van der Waals surface area contributed by atoms with Gasteiger partial charge in [0.15, 0.2) is 5.13 Å². The molecular weight excluding hydrogens is 480 g/mol. The number of anilines is 3. The molecule has 2 aromatic heterocycles. The summed E-state index contributed by atoms with van der Waals surface area (Å²) < 4.78 is 0. The number of carbonyl (C=O) groups excluding carboxylic acids is 1. The minimum atomic E-state index is -0.114. The van der Waals surface area contributed by atoms with Gasteiger partial charge in [0, 0.05) is 73.0 Å². The van der Waals surface area contributed by atoms with Crippen molar-refractivity contribution in [1.29, 1.82) is 0 Å². The average molecular weight is 513 g/mol. The van der Waals surface area contributed by atoms with Crippen LogP contribution in [-0.2, 0) is 6.54 Å². The number of hydrogen-bond donors (Lipinski definition) is 2. The van der Waals surface area contributed by atoms with Crippen molar-refractivity contribution in [3.8, 4) is 11.3 Å². The first-order valence-electron chi connectivity index (χ1n) is 12.5. The van der Waals surface area contributed by atoms with E-state index in [0.29, 0.717) is 5.56 Å². The number of pyridine rings is 1. The molecule has 0 atom stereocenters. The van der Waals surface area contributed by atoms with Gasteiger partial charge in [0.25, 0.3) is 5.91 Å². The Morgan fingerprint density at radius 2 is 1.86 bits per heavy atom. The fourth-order valence-electron chi connectivity index (χ4n) is 4.39. The van der Waals surface area contributed by atoms with Crippen LogP contribution in [0.1, 0.15) is 27.0 Å². The quantitative estimate of drug-likeness (QED) is 0.338. The molecule has 7 nitrogen and oxygen atoms in total. The average Bonchev–Trinajstić information content (AvgIpc) is 3.37. The molecule has 0 aliphatic carbocycles. The van der Waals surface area contributed by atoms with Crippen LogP contribution in [0, 0.1) is 13.8 Å². The fraction of sp³-hybridized carbons (Fsp3) is 0.276. The number of benzene rings is 2. The van der Waals surface area contributed by atoms with Crippen molar-refractivity contribution in [2.45, 2.75) is 20.4 Å². The normalized spacial score (nSPS) is 14.5. The Balaban J connectivity index is 1.24. The van der Waals surface area contributed by atoms with Gasteiger partial charge >= 0.3 is 0 Å². The van der Waals surface area contributed by atoms with Crippen LogP contribution in [0.4, 0.5) is 16.5 Å². The summed E-state index contributed by atoms with van der Waals surface area (Å²) >= 11 is 1.54. The first-order valence-corrected chi connectivity index (χ1v) is 13.4. The maximum atomic E-state index is 13.1. The van der Waals surface area contributed by atoms with Crippen LogP contribution in [-0.4, -0.2) is 58.9 Å². The molecule has 1 amide bonds. The van der Waals surface area contributed by atoms with Crippen molar-refractivity contribution in [3.05, 3.63) is 88.6 Å². The summed E-state index contributed by atoms with van der Waals surface area (Å²) in [5.41, 5.74) is 7.66. The lowest BCUT2D eigenvalue weighted by molar-refractivity contribution is 0.102. The predicted octanol–water partition coefficient (Wildman–Crippen LogP) is 5.57. The van der Waals surface area contributed by atoms with Gasteiger partial charge < -0.3 is 15.5 Å². The number of hydrogen-bond acceptors (Lipinski definition) is 7. The number of thiazole rings is 1. The first-order chi connectivity index (χ1) is 17.9. The summed E-state index contributed by atoms with van der Waals surface area (Å²) in [6.07, 6.45) is 3.56. The summed E-state index contributed by atoms with van der Waals surface area (Å²) in [6.45, 7) is 9.40. The molecule has 0 bridgehead atoms. The molecule has 1 saturated heterocycles. The maximum absolute atomic E-state index is 13.1. The van der Waals surface area contributed by atoms with Gasteiger partial charge in [0.2, 0.25) is 0 Å². The van der Waals surface area contributed by atoms with Crippen LogP contribution in [0.25, 0.3) is 11.3 Å². The largest absolute Gasteiger partial charge is 0.331 e. The number of carbonyl (C=O) groups is 1. The number of nitrogens with zero attached hydrogens (tertiary/aromatic N) is 4. The highest BCUT2D eigenvalue weighted by Crippen LogP contribution is 2.29. The summed E-state index contributed by atoms with van der Waals surface area (Å²) in [7, 11) is 2.17. The smallest absolute Gasteiger partial charge is 0.255 e. The van der Waals surface area contributed by atoms with Gasteiger partial charge in [0.05, 0.1) is 5.69 Å². The van der Waals surface area contributed by atoms with Gasteiger partial charge in [-0.3, -0.25) is 14.7 Å². The number of amides is 1. The number of rotatable bonds is 7. The molecule has 1 fully saturated rings. The van der Waals surface area contributed by atoms with E-state index in [4.69, 9.17) is 4.98 Å². The van der Waals surface area contributed by atoms with Crippen LogP contribution in [0.15, 0.2) is 66.3 Å². The van der Waals surface area contributed by atoms with E-state index in [9.17, 15) is 4.79 Å². The van der Waals surface area contributed by atoms with Crippen molar-refractivity contribution in [3.63, 3.8) is 0 Å². The summed E-state index contributed by atoms with van der Waals surface area (Å²) in [6, 6.07) is 15.8. The molecule has 1 aliphatic heterocycles. The minimum absolute atomic E-state index is 0.114. The number of aromatic nitrogens is 2. The van der Waals surface area contributed by atoms with E-state index in [-0.39, 0.29) is 5.91 Å². The van der Waals surface area contributed by atoms with Crippen LogP contribution >= 0.6 is 11.3 Å². The lowest BCUT2D eigenvalue weighted by Gasteiger charge is -2.32. The molecule has 2 aromatic carbocycles. The van der Waals surface area contributed by atoms with E-state index in [1.165, 1.54) is 16.9 Å². The van der Waals surface area contributed by atoms with Crippen LogP contribution < -0.4 is 10.6 Å². The van der Waals surface area contributed by atoms with Gasteiger partial charge in [-0.2, -0.15) is 0 Å². The zero-order chi connectivity index (χ0) is 25.8. The molecule has 0 unspecified atom stereocenters. The molecule has 3 heterocycles. The van der Waals surface area contributed by atoms with Crippen molar-refractivity contribution in [2.75, 3.05) is 43.9 Å². The van der Waals surface area contributed by atoms with Crippen molar-refractivity contribution in [2.24, 2.45) is 0 Å². The zero-order valence-electron chi connectivity index (χ0n) is 21.5. The lowest BCUT2D eigenvalue weighted by atomic mass is 10.0. The topological polar surface area (TPSA) is 73.4 Å². The molecule has 37 heavy (non-hydrogen) atoms. The second kappa shape index (κ2) is 11.2. The Bertz CT molecular complexity index is 1380. The number of likely N-dealkylation sites (N-methyl/N-ethyl adjacent to an activating group) is 1. The Kier molecular flexibility index (Phi) is 7.60. The van der Waals surface area contributed by atoms with E-state index in [0.717, 1.165) is 71.6 Å². The Morgan fingerprint density at radius 1 is 1.03 bits per heavy atom. The number of piperazine rings is 1. The molecule has 4 aromatic rings. The molecule has 0 radical (unpaired) electrons. The fourth-order valence-corrected chi connectivity index (χ4v) is 5.12. The van der Waals surface area contributed by atoms with Crippen molar-refractivity contribution in [1.82, 2.24) is 19.8 Å². The first kappa shape index (κ1) is 25.1. The van der Waals surface area contributed by atoms with Crippen molar-refractivity contribution >= 4 is 33.8 Å². The maximum Gasteiger partial charge on any atom is 0.255 e. The SMILES string of the molecule is Cc1cc(C(=O)Nc2ccc(C)c(Nc3nc(-c4cccnc4)cs3)c2)ccc1CN1CCN(C)CC1. The van der Waals surface area contributed by atoms with E-state index in [1.54, 1.807) is 12.4 Å². The van der Waals surface area contributed by atoms with Gasteiger partial charge in [0.1, 0.15) is 0 Å². The lowest BCUT2D eigenvalue weighted by Crippen LogP contribution is -2.43. The molecule has 8 heteroatoms. The zero-order valence-corrected chi connectivity index (χ0v) is 22.3. The predicted molar refractivity (Wildman–Crippen MR) is 152 cm³/mol. The number of nitrogens with one attached hydrogen (secondary N) is 2. The third kappa shape index (κ3) is 6.22. The Labute approximate surface area is 222 Å². The second-order valence-corrected chi connectivity index (χ2v) is 10.5. The van der Waals surface area contributed by atoms with Gasteiger partial charge in [-0.15, -0.1) is 11.3 Å². The van der Waals surface area contributed by atoms with Crippen LogP contribution in [0.2, 0.25) is 0 Å². The highest BCUT2D eigenvalue weighted by atomic mass is 32.1. The molecule has 0 spiro atoms. The van der Waals surface area contributed by atoms with Crippen molar-refractivity contribution < 1.29 is 4.79 Å². The molecule has 0 saturated carbocycles. The van der Waals surface area contributed by atoms with Gasteiger partial charge in [-0.25, -0.2) is 4.98 Å². The third-order valence-corrected chi connectivity index (χ3v) is 7.55. The highest BCUT2D eigenvalue weighted by Gasteiger charge is 2.16. The van der Waals surface area contributed by atoms with E-state index >= 15 is 0 Å². The summed E-state index contributed by atoms with van der Waals surface area (Å²) in [5, 5.41) is 9.26. The third-order valence-electron chi connectivity index (χ3n) is 6.79. The molecule has 5 rings (SSSR count). The van der Waals surface area contributed by atoms with E-state index in [2.05, 4.69) is 45.5 Å². The van der Waals surface area contributed by atoms with E-state index in [1.807, 2.05) is 54.8 Å². The van der Waals surface area contributed by atoms with E-state index < -0.39 is 0 Å². The minimum Gasteiger partial charge on any atom is -0.331 e. The monoisotopic (exact) mass is 512 g/mol. The summed E-state index contributed by atoms with van der Waals surface area (Å²) in [4.78, 5) is 26.8. The Hall–Kier alpha value is -3.59. The number of aryl methyl sites for hydroxylation is 2. The highest BCUT2D eigenvalue weighted by molar-refractivity contribution is 7.14. The molecular formula is C29H32N6OS. The van der Waals surface area contributed by atoms with Gasteiger partial charge in [-0.05, 0) is 74.0 Å². The molecule has 190 valence electrons. The standard InChI is InChI=1S/C29H32N6OS/c1-20-6-9-25(16-26(20)32-29-33-27(19-37-29)23-5-4-10-30-17-23)31-28(36)22-7-8-24(21(2)15-22)18-35-13-11-34(3)12-14-35/h4-10,15-17,19H,11-14,18H2,1-3H3,(H,31,36)(H,32,33). The van der Waals surface area contributed by atoms with Gasteiger partial charge in [-0.1, -0.05) is 12.1 Å². The van der Waals surface area contributed by atoms with Crippen LogP contribution in [0.5, 0.6) is 0 Å².